The Hall–Kier alpha value is -2.84. The minimum Gasteiger partial charge on any atom is -0.454 e. The van der Waals surface area contributed by atoms with Crippen molar-refractivity contribution in [2.45, 2.75) is 37.1 Å². The number of rotatable bonds is 6. The van der Waals surface area contributed by atoms with E-state index in [1.165, 1.54) is 6.08 Å². The molecule has 0 unspecified atom stereocenters. The normalized spacial score (nSPS) is 16.9. The van der Waals surface area contributed by atoms with E-state index in [2.05, 4.69) is 5.32 Å². The van der Waals surface area contributed by atoms with Gasteiger partial charge in [-0.25, -0.2) is 8.42 Å². The molecule has 7 nitrogen and oxygen atoms in total. The van der Waals surface area contributed by atoms with Gasteiger partial charge in [-0.2, -0.15) is 4.31 Å². The first-order valence-electron chi connectivity index (χ1n) is 10.5. The van der Waals surface area contributed by atoms with Gasteiger partial charge < -0.3 is 14.8 Å². The molecule has 31 heavy (non-hydrogen) atoms. The predicted octanol–water partition coefficient (Wildman–Crippen LogP) is 3.31. The summed E-state index contributed by atoms with van der Waals surface area (Å²) >= 11 is 0. The number of amides is 1. The summed E-state index contributed by atoms with van der Waals surface area (Å²) in [5, 5.41) is 2.82. The summed E-state index contributed by atoms with van der Waals surface area (Å²) in [7, 11) is -3.47. The Morgan fingerprint density at radius 3 is 2.42 bits per heavy atom. The molecule has 1 saturated heterocycles. The van der Waals surface area contributed by atoms with Crippen LogP contribution < -0.4 is 14.8 Å². The van der Waals surface area contributed by atoms with Crippen LogP contribution in [0.4, 0.5) is 0 Å². The number of nitrogens with one attached hydrogen (secondary N) is 1. The molecule has 0 aromatic heterocycles. The van der Waals surface area contributed by atoms with Gasteiger partial charge in [-0.05, 0) is 54.3 Å². The van der Waals surface area contributed by atoms with E-state index in [1.54, 1.807) is 34.6 Å². The van der Waals surface area contributed by atoms with E-state index in [4.69, 9.17) is 9.47 Å². The quantitative estimate of drug-likeness (QED) is 0.694. The van der Waals surface area contributed by atoms with Gasteiger partial charge in [0.05, 0.1) is 4.90 Å². The monoisotopic (exact) mass is 442 g/mol. The van der Waals surface area contributed by atoms with Crippen LogP contribution >= 0.6 is 0 Å². The second-order valence-electron chi connectivity index (χ2n) is 7.63. The molecule has 2 aliphatic heterocycles. The fraction of sp³-hybridized carbons (Fsp3) is 0.348. The molecule has 8 heteroatoms. The van der Waals surface area contributed by atoms with Crippen molar-refractivity contribution in [3.8, 4) is 11.5 Å². The third kappa shape index (κ3) is 5.26. The van der Waals surface area contributed by atoms with Gasteiger partial charge in [0.15, 0.2) is 11.5 Å². The SMILES string of the molecule is O=C(/C=C/c1ccc(S(=O)(=O)N2CCCCCC2)cc1)NCc1ccc2c(c1)OCO2. The van der Waals surface area contributed by atoms with Crippen molar-refractivity contribution in [1.82, 2.24) is 9.62 Å². The number of carbonyl (C=O) groups excluding carboxylic acids is 1. The Morgan fingerprint density at radius 2 is 1.68 bits per heavy atom. The smallest absolute Gasteiger partial charge is 0.244 e. The fourth-order valence-corrected chi connectivity index (χ4v) is 5.17. The lowest BCUT2D eigenvalue weighted by Gasteiger charge is -2.19. The van der Waals surface area contributed by atoms with Crippen molar-refractivity contribution >= 4 is 22.0 Å². The molecule has 164 valence electrons. The first kappa shape index (κ1) is 21.4. The van der Waals surface area contributed by atoms with Gasteiger partial charge in [0.25, 0.3) is 0 Å². The molecule has 2 heterocycles. The first-order valence-corrected chi connectivity index (χ1v) is 11.9. The molecule has 2 aromatic rings. The maximum absolute atomic E-state index is 12.8. The zero-order chi connectivity index (χ0) is 21.7. The van der Waals surface area contributed by atoms with Gasteiger partial charge >= 0.3 is 0 Å². The van der Waals surface area contributed by atoms with Crippen LogP contribution in [0.5, 0.6) is 11.5 Å². The Kier molecular flexibility index (Phi) is 6.58. The molecular formula is C23H26N2O5S. The van der Waals surface area contributed by atoms with E-state index in [0.29, 0.717) is 36.0 Å². The highest BCUT2D eigenvalue weighted by Crippen LogP contribution is 2.32. The van der Waals surface area contributed by atoms with Crippen molar-refractivity contribution < 1.29 is 22.7 Å². The molecule has 4 rings (SSSR count). The molecule has 0 spiro atoms. The van der Waals surface area contributed by atoms with Crippen molar-refractivity contribution in [2.75, 3.05) is 19.9 Å². The average Bonchev–Trinajstić information content (AvgIpc) is 3.07. The van der Waals surface area contributed by atoms with E-state index < -0.39 is 10.0 Å². The van der Waals surface area contributed by atoms with Crippen LogP contribution in [0.3, 0.4) is 0 Å². The molecule has 0 saturated carbocycles. The minimum atomic E-state index is -3.47. The summed E-state index contributed by atoms with van der Waals surface area (Å²) in [6.45, 7) is 1.74. The number of sulfonamides is 1. The molecule has 1 N–H and O–H groups in total. The summed E-state index contributed by atoms with van der Waals surface area (Å²) in [6.07, 6.45) is 7.06. The summed E-state index contributed by atoms with van der Waals surface area (Å²) < 4.78 is 37.9. The molecule has 0 bridgehead atoms. The van der Waals surface area contributed by atoms with Crippen LogP contribution in [-0.2, 0) is 21.4 Å². The molecule has 1 amide bonds. The van der Waals surface area contributed by atoms with Crippen molar-refractivity contribution in [3.63, 3.8) is 0 Å². The van der Waals surface area contributed by atoms with E-state index in [0.717, 1.165) is 36.8 Å². The number of ether oxygens (including phenoxy) is 2. The van der Waals surface area contributed by atoms with Crippen LogP contribution in [0, 0.1) is 0 Å². The standard InChI is InChI=1S/C23H26N2O5S/c26-23(24-16-19-7-11-21-22(15-19)30-17-29-21)12-8-18-5-9-20(10-6-18)31(27,28)25-13-3-1-2-4-14-25/h5-12,15H,1-4,13-14,16-17H2,(H,24,26)/b12-8+. The highest BCUT2D eigenvalue weighted by molar-refractivity contribution is 7.89. The number of fused-ring (bicyclic) bond motifs is 1. The first-order chi connectivity index (χ1) is 15.0. The highest BCUT2D eigenvalue weighted by atomic mass is 32.2. The van der Waals surface area contributed by atoms with Crippen LogP contribution in [0.25, 0.3) is 6.08 Å². The van der Waals surface area contributed by atoms with Crippen LogP contribution in [-0.4, -0.2) is 38.5 Å². The summed E-state index contributed by atoms with van der Waals surface area (Å²) in [5.74, 6) is 1.15. The van der Waals surface area contributed by atoms with Crippen LogP contribution in [0.15, 0.2) is 53.4 Å². The fourth-order valence-electron chi connectivity index (χ4n) is 3.65. The Bertz CT molecular complexity index is 1060. The van der Waals surface area contributed by atoms with Crippen LogP contribution in [0.1, 0.15) is 36.8 Å². The van der Waals surface area contributed by atoms with E-state index in [9.17, 15) is 13.2 Å². The van der Waals surface area contributed by atoms with Gasteiger partial charge in [-0.15, -0.1) is 0 Å². The number of carbonyl (C=O) groups is 1. The largest absolute Gasteiger partial charge is 0.454 e. The summed E-state index contributed by atoms with van der Waals surface area (Å²) in [6, 6.07) is 12.2. The zero-order valence-electron chi connectivity index (χ0n) is 17.2. The van der Waals surface area contributed by atoms with E-state index in [-0.39, 0.29) is 12.7 Å². The van der Waals surface area contributed by atoms with Gasteiger partial charge in [-0.1, -0.05) is 31.0 Å². The molecule has 1 fully saturated rings. The lowest BCUT2D eigenvalue weighted by molar-refractivity contribution is -0.116. The number of hydrogen-bond donors (Lipinski definition) is 1. The molecule has 2 aliphatic rings. The zero-order valence-corrected chi connectivity index (χ0v) is 18.1. The lowest BCUT2D eigenvalue weighted by atomic mass is 10.2. The second kappa shape index (κ2) is 9.53. The minimum absolute atomic E-state index is 0.214. The van der Waals surface area contributed by atoms with E-state index in [1.807, 2.05) is 18.2 Å². The van der Waals surface area contributed by atoms with Crippen molar-refractivity contribution in [1.29, 1.82) is 0 Å². The van der Waals surface area contributed by atoms with Crippen molar-refractivity contribution in [3.05, 3.63) is 59.7 Å². The number of benzene rings is 2. The van der Waals surface area contributed by atoms with Gasteiger partial charge in [0.2, 0.25) is 22.7 Å². The molecule has 2 aromatic carbocycles. The third-order valence-corrected chi connectivity index (χ3v) is 7.33. The Labute approximate surface area is 182 Å². The van der Waals surface area contributed by atoms with Crippen molar-refractivity contribution in [2.24, 2.45) is 0 Å². The lowest BCUT2D eigenvalue weighted by Crippen LogP contribution is -2.31. The van der Waals surface area contributed by atoms with Gasteiger partial charge in [0, 0.05) is 25.7 Å². The molecule has 0 radical (unpaired) electrons. The third-order valence-electron chi connectivity index (χ3n) is 5.41. The highest BCUT2D eigenvalue weighted by Gasteiger charge is 2.24. The maximum Gasteiger partial charge on any atom is 0.244 e. The molecular weight excluding hydrogens is 416 g/mol. The predicted molar refractivity (Wildman–Crippen MR) is 117 cm³/mol. The Morgan fingerprint density at radius 1 is 0.968 bits per heavy atom. The number of nitrogens with zero attached hydrogens (tertiary/aromatic N) is 1. The van der Waals surface area contributed by atoms with Gasteiger partial charge in [-0.3, -0.25) is 4.79 Å². The average molecular weight is 443 g/mol. The molecule has 0 atom stereocenters. The molecule has 0 aliphatic carbocycles. The Balaban J connectivity index is 1.33. The second-order valence-corrected chi connectivity index (χ2v) is 9.56. The van der Waals surface area contributed by atoms with E-state index >= 15 is 0 Å². The van der Waals surface area contributed by atoms with Crippen LogP contribution in [0.2, 0.25) is 0 Å². The maximum atomic E-state index is 12.8. The summed E-state index contributed by atoms with van der Waals surface area (Å²) in [5.41, 5.74) is 1.67. The number of hydrogen-bond acceptors (Lipinski definition) is 5. The topological polar surface area (TPSA) is 84.9 Å². The van der Waals surface area contributed by atoms with Gasteiger partial charge in [0.1, 0.15) is 0 Å². The summed E-state index contributed by atoms with van der Waals surface area (Å²) in [4.78, 5) is 12.4.